The van der Waals surface area contributed by atoms with E-state index in [2.05, 4.69) is 41.4 Å². The van der Waals surface area contributed by atoms with E-state index in [4.69, 9.17) is 0 Å². The number of aryl methyl sites for hydroxylation is 1. The van der Waals surface area contributed by atoms with Crippen LogP contribution in [0.25, 0.3) is 0 Å². The van der Waals surface area contributed by atoms with E-state index in [1.807, 2.05) is 0 Å². The first kappa shape index (κ1) is 12.2. The minimum Gasteiger partial charge on any atom is -0.316 e. The van der Waals surface area contributed by atoms with E-state index in [0.717, 1.165) is 18.4 Å². The fraction of sp³-hybridized carbons (Fsp3) is 0.625. The van der Waals surface area contributed by atoms with Gasteiger partial charge in [0.25, 0.3) is 0 Å². The highest BCUT2D eigenvalue weighted by Gasteiger charge is 2.25. The average Bonchev–Trinajstić information content (AvgIpc) is 2.66. The molecule has 1 fully saturated rings. The molecule has 1 aromatic carbocycles. The maximum atomic E-state index is 3.52. The molecular formula is C16H24N2. The van der Waals surface area contributed by atoms with Crippen molar-refractivity contribution in [2.45, 2.75) is 26.3 Å². The summed E-state index contributed by atoms with van der Waals surface area (Å²) in [6.45, 7) is 8.48. The van der Waals surface area contributed by atoms with Crippen molar-refractivity contribution in [3.63, 3.8) is 0 Å². The topological polar surface area (TPSA) is 15.3 Å². The smallest absolute Gasteiger partial charge is 0.0236 e. The largest absolute Gasteiger partial charge is 0.316 e. The van der Waals surface area contributed by atoms with Crippen LogP contribution in [0, 0.1) is 11.8 Å². The van der Waals surface area contributed by atoms with E-state index in [9.17, 15) is 0 Å². The van der Waals surface area contributed by atoms with E-state index in [1.54, 1.807) is 11.1 Å². The quantitative estimate of drug-likeness (QED) is 0.858. The minimum absolute atomic E-state index is 0.837. The summed E-state index contributed by atoms with van der Waals surface area (Å²) < 4.78 is 0. The summed E-state index contributed by atoms with van der Waals surface area (Å²) in [5.74, 6) is 1.68. The van der Waals surface area contributed by atoms with Gasteiger partial charge in [0.2, 0.25) is 0 Å². The minimum atomic E-state index is 0.837. The van der Waals surface area contributed by atoms with Gasteiger partial charge in [-0.15, -0.1) is 0 Å². The lowest BCUT2D eigenvalue weighted by Crippen LogP contribution is -2.32. The number of hydrogen-bond donors (Lipinski definition) is 1. The second-order valence-corrected chi connectivity index (χ2v) is 6.00. The molecule has 2 atom stereocenters. The van der Waals surface area contributed by atoms with Crippen LogP contribution < -0.4 is 5.32 Å². The van der Waals surface area contributed by atoms with E-state index in [1.165, 1.54) is 39.0 Å². The van der Waals surface area contributed by atoms with Crippen molar-refractivity contribution in [1.29, 1.82) is 0 Å². The predicted octanol–water partition coefficient (Wildman–Crippen LogP) is 2.29. The molecule has 0 bridgehead atoms. The molecular weight excluding hydrogens is 220 g/mol. The van der Waals surface area contributed by atoms with Crippen LogP contribution in [0.5, 0.6) is 0 Å². The fourth-order valence-electron chi connectivity index (χ4n) is 3.36. The third-order valence-electron chi connectivity index (χ3n) is 4.60. The molecule has 0 spiro atoms. The van der Waals surface area contributed by atoms with Crippen LogP contribution in [0.4, 0.5) is 0 Å². The van der Waals surface area contributed by atoms with E-state index >= 15 is 0 Å². The van der Waals surface area contributed by atoms with Crippen LogP contribution in [0.2, 0.25) is 0 Å². The molecule has 1 N–H and O–H groups in total. The molecule has 2 heteroatoms. The molecule has 3 rings (SSSR count). The highest BCUT2D eigenvalue weighted by atomic mass is 15.1. The molecule has 0 amide bonds. The molecule has 2 aliphatic heterocycles. The van der Waals surface area contributed by atoms with Gasteiger partial charge in [-0.1, -0.05) is 31.2 Å². The van der Waals surface area contributed by atoms with E-state index in [0.29, 0.717) is 0 Å². The normalized spacial score (nSPS) is 28.9. The van der Waals surface area contributed by atoms with Crippen molar-refractivity contribution in [1.82, 2.24) is 10.2 Å². The highest BCUT2D eigenvalue weighted by molar-refractivity contribution is 5.28. The Kier molecular flexibility index (Phi) is 3.67. The first-order valence-electron chi connectivity index (χ1n) is 7.33. The van der Waals surface area contributed by atoms with Crippen LogP contribution in [0.3, 0.4) is 0 Å². The summed E-state index contributed by atoms with van der Waals surface area (Å²) in [5.41, 5.74) is 3.12. The van der Waals surface area contributed by atoms with Gasteiger partial charge in [-0.05, 0) is 55.4 Å². The Morgan fingerprint density at radius 2 is 2.06 bits per heavy atom. The number of fused-ring (bicyclic) bond motifs is 1. The Morgan fingerprint density at radius 3 is 2.83 bits per heavy atom. The van der Waals surface area contributed by atoms with Crippen molar-refractivity contribution in [3.8, 4) is 0 Å². The van der Waals surface area contributed by atoms with E-state index in [-0.39, 0.29) is 0 Å². The highest BCUT2D eigenvalue weighted by Crippen LogP contribution is 2.22. The first-order valence-corrected chi connectivity index (χ1v) is 7.33. The maximum absolute atomic E-state index is 3.52. The number of nitrogens with zero attached hydrogens (tertiary/aromatic N) is 1. The summed E-state index contributed by atoms with van der Waals surface area (Å²) in [4.78, 5) is 2.67. The lowest BCUT2D eigenvalue weighted by molar-refractivity contribution is 0.213. The predicted molar refractivity (Wildman–Crippen MR) is 75.6 cm³/mol. The van der Waals surface area contributed by atoms with Gasteiger partial charge in [0, 0.05) is 13.1 Å². The third-order valence-corrected chi connectivity index (χ3v) is 4.60. The summed E-state index contributed by atoms with van der Waals surface area (Å²) in [6.07, 6.45) is 2.57. The zero-order valence-electron chi connectivity index (χ0n) is 11.4. The molecule has 2 unspecified atom stereocenters. The summed E-state index contributed by atoms with van der Waals surface area (Å²) in [7, 11) is 0. The molecule has 1 saturated heterocycles. The Bertz CT molecular complexity index is 402. The van der Waals surface area contributed by atoms with Crippen LogP contribution in [-0.2, 0) is 13.0 Å². The number of rotatable bonds is 2. The summed E-state index contributed by atoms with van der Waals surface area (Å²) in [6, 6.07) is 8.97. The Labute approximate surface area is 110 Å². The average molecular weight is 244 g/mol. The number of nitrogens with one attached hydrogen (secondary N) is 1. The van der Waals surface area contributed by atoms with Crippen molar-refractivity contribution in [2.24, 2.45) is 11.8 Å². The molecule has 1 aromatic rings. The maximum Gasteiger partial charge on any atom is 0.0236 e. The van der Waals surface area contributed by atoms with Crippen molar-refractivity contribution >= 4 is 0 Å². The summed E-state index contributed by atoms with van der Waals surface area (Å²) >= 11 is 0. The van der Waals surface area contributed by atoms with Crippen molar-refractivity contribution < 1.29 is 0 Å². The van der Waals surface area contributed by atoms with Crippen molar-refractivity contribution in [2.75, 3.05) is 26.2 Å². The molecule has 2 heterocycles. The third kappa shape index (κ3) is 2.60. The molecule has 2 nitrogen and oxygen atoms in total. The van der Waals surface area contributed by atoms with Gasteiger partial charge in [0.05, 0.1) is 0 Å². The molecule has 0 aliphatic carbocycles. The van der Waals surface area contributed by atoms with Crippen LogP contribution in [0.15, 0.2) is 24.3 Å². The van der Waals surface area contributed by atoms with E-state index < -0.39 is 0 Å². The molecule has 2 aliphatic rings. The van der Waals surface area contributed by atoms with Crippen molar-refractivity contribution in [3.05, 3.63) is 35.4 Å². The van der Waals surface area contributed by atoms with Crippen LogP contribution in [-0.4, -0.2) is 31.1 Å². The second-order valence-electron chi connectivity index (χ2n) is 6.00. The summed E-state index contributed by atoms with van der Waals surface area (Å²) in [5, 5.41) is 3.52. The zero-order chi connectivity index (χ0) is 12.4. The van der Waals surface area contributed by atoms with Gasteiger partial charge in [0.15, 0.2) is 0 Å². The fourth-order valence-corrected chi connectivity index (χ4v) is 3.36. The zero-order valence-corrected chi connectivity index (χ0v) is 11.4. The molecule has 18 heavy (non-hydrogen) atoms. The van der Waals surface area contributed by atoms with Gasteiger partial charge in [-0.3, -0.25) is 4.90 Å². The lowest BCUT2D eigenvalue weighted by atomic mass is 9.97. The second kappa shape index (κ2) is 5.41. The molecule has 0 aromatic heterocycles. The SMILES string of the molecule is CC1CNCC1CN1CCCc2ccccc2C1. The Hall–Kier alpha value is -0.860. The van der Waals surface area contributed by atoms with Gasteiger partial charge in [0.1, 0.15) is 0 Å². The van der Waals surface area contributed by atoms with Crippen LogP contribution in [0.1, 0.15) is 24.5 Å². The Balaban J connectivity index is 1.67. The Morgan fingerprint density at radius 1 is 1.22 bits per heavy atom. The van der Waals surface area contributed by atoms with Gasteiger partial charge >= 0.3 is 0 Å². The molecule has 0 saturated carbocycles. The van der Waals surface area contributed by atoms with Gasteiger partial charge in [-0.25, -0.2) is 0 Å². The van der Waals surface area contributed by atoms with Gasteiger partial charge in [-0.2, -0.15) is 0 Å². The first-order chi connectivity index (χ1) is 8.83. The number of hydrogen-bond acceptors (Lipinski definition) is 2. The van der Waals surface area contributed by atoms with Crippen LogP contribution >= 0.6 is 0 Å². The lowest BCUT2D eigenvalue weighted by Gasteiger charge is -2.25. The standard InChI is InChI=1S/C16H24N2/c1-13-9-17-10-16(13)12-18-8-4-7-14-5-2-3-6-15(14)11-18/h2-3,5-6,13,16-17H,4,7-12H2,1H3. The molecule has 0 radical (unpaired) electrons. The number of benzene rings is 1. The van der Waals surface area contributed by atoms with Gasteiger partial charge < -0.3 is 5.32 Å². The molecule has 98 valence electrons. The monoisotopic (exact) mass is 244 g/mol.